The van der Waals surface area contributed by atoms with Crippen molar-refractivity contribution in [2.75, 3.05) is 0 Å². The van der Waals surface area contributed by atoms with Crippen LogP contribution in [0.15, 0.2) is 26.8 Å². The number of nitriles is 1. The summed E-state index contributed by atoms with van der Waals surface area (Å²) in [7, 11) is 0. The monoisotopic (exact) mass is 341 g/mol. The van der Waals surface area contributed by atoms with Crippen molar-refractivity contribution in [3.63, 3.8) is 0 Å². The van der Waals surface area contributed by atoms with Crippen LogP contribution in [0.4, 0.5) is 0 Å². The molecule has 3 rings (SSSR count). The molecule has 0 saturated carbocycles. The molecule has 0 aliphatic rings. The molecule has 3 aromatic heterocycles. The molecule has 0 spiro atoms. The molecule has 0 fully saturated rings. The largest absolute Gasteiger partial charge is 0.337 e. The maximum atomic E-state index is 12.5. The minimum absolute atomic E-state index is 0.0445. The van der Waals surface area contributed by atoms with Gasteiger partial charge in [0, 0.05) is 0 Å². The summed E-state index contributed by atoms with van der Waals surface area (Å²) in [6.45, 7) is 3.90. The van der Waals surface area contributed by atoms with Gasteiger partial charge in [-0.05, 0) is 29.9 Å². The van der Waals surface area contributed by atoms with E-state index in [-0.39, 0.29) is 18.0 Å². The molecule has 0 N–H and O–H groups in total. The van der Waals surface area contributed by atoms with Crippen LogP contribution in [0, 0.1) is 11.3 Å². The van der Waals surface area contributed by atoms with E-state index in [0.717, 1.165) is 10.6 Å². The second-order valence-electron chi connectivity index (χ2n) is 5.07. The van der Waals surface area contributed by atoms with Crippen LogP contribution in [0.1, 0.15) is 36.6 Å². The first kappa shape index (κ1) is 16.1. The summed E-state index contributed by atoms with van der Waals surface area (Å²) in [5, 5.41) is 19.5. The normalized spacial score (nSPS) is 10.7. The molecule has 0 radical (unpaired) electrons. The van der Waals surface area contributed by atoms with Crippen molar-refractivity contribution in [1.29, 1.82) is 5.26 Å². The zero-order valence-corrected chi connectivity index (χ0v) is 14.1. The van der Waals surface area contributed by atoms with E-state index in [4.69, 9.17) is 4.52 Å². The van der Waals surface area contributed by atoms with Gasteiger partial charge in [-0.15, -0.1) is 11.3 Å². The van der Waals surface area contributed by atoms with Crippen LogP contribution in [0.5, 0.6) is 0 Å². The average Bonchev–Trinajstić information content (AvgIpc) is 3.27. The van der Waals surface area contributed by atoms with Gasteiger partial charge in [0.2, 0.25) is 11.7 Å². The fourth-order valence-electron chi connectivity index (χ4n) is 2.49. The fourth-order valence-corrected chi connectivity index (χ4v) is 3.14. The van der Waals surface area contributed by atoms with E-state index in [1.54, 1.807) is 0 Å². The number of aromatic nitrogens is 4. The van der Waals surface area contributed by atoms with Crippen LogP contribution < -0.4 is 5.56 Å². The van der Waals surface area contributed by atoms with Crippen molar-refractivity contribution in [3.05, 3.63) is 50.6 Å². The van der Waals surface area contributed by atoms with Crippen molar-refractivity contribution in [2.45, 2.75) is 33.2 Å². The molecular weight excluding hydrogens is 326 g/mol. The Morgan fingerprint density at radius 3 is 2.83 bits per heavy atom. The standard InChI is InChI=1S/C16H15N5O2S/c1-3-10-11(8-17)16(22)21(19-12(10)4-2)9-14-18-15(20-23-14)13-6-5-7-24-13/h5-7H,3-4,9H2,1-2H3. The van der Waals surface area contributed by atoms with E-state index < -0.39 is 5.56 Å². The van der Waals surface area contributed by atoms with E-state index in [9.17, 15) is 10.1 Å². The van der Waals surface area contributed by atoms with Crippen LogP contribution in [-0.4, -0.2) is 19.9 Å². The van der Waals surface area contributed by atoms with Gasteiger partial charge < -0.3 is 4.52 Å². The number of rotatable bonds is 5. The Morgan fingerprint density at radius 1 is 1.38 bits per heavy atom. The molecule has 0 aliphatic heterocycles. The molecule has 3 aromatic rings. The smallest absolute Gasteiger partial charge is 0.285 e. The average molecular weight is 341 g/mol. The zero-order chi connectivity index (χ0) is 17.1. The summed E-state index contributed by atoms with van der Waals surface area (Å²) >= 11 is 1.50. The van der Waals surface area contributed by atoms with Crippen LogP contribution in [-0.2, 0) is 19.4 Å². The number of hydrogen-bond acceptors (Lipinski definition) is 7. The number of hydrogen-bond donors (Lipinski definition) is 0. The Bertz CT molecular complexity index is 950. The maximum absolute atomic E-state index is 12.5. The third-order valence-corrected chi connectivity index (χ3v) is 4.50. The molecule has 8 heteroatoms. The van der Waals surface area contributed by atoms with Gasteiger partial charge in [0.25, 0.3) is 5.56 Å². The van der Waals surface area contributed by atoms with E-state index in [1.165, 1.54) is 16.0 Å². The highest BCUT2D eigenvalue weighted by Crippen LogP contribution is 2.21. The molecule has 122 valence electrons. The van der Waals surface area contributed by atoms with Crippen molar-refractivity contribution in [2.24, 2.45) is 0 Å². The summed E-state index contributed by atoms with van der Waals surface area (Å²) < 4.78 is 6.44. The van der Waals surface area contributed by atoms with Gasteiger partial charge in [-0.1, -0.05) is 25.1 Å². The maximum Gasteiger partial charge on any atom is 0.285 e. The summed E-state index contributed by atoms with van der Waals surface area (Å²) in [6, 6.07) is 5.80. The number of aryl methyl sites for hydroxylation is 1. The van der Waals surface area contributed by atoms with Crippen molar-refractivity contribution < 1.29 is 4.52 Å². The van der Waals surface area contributed by atoms with Crippen LogP contribution in [0.3, 0.4) is 0 Å². The SMILES string of the molecule is CCc1nn(Cc2nc(-c3cccs3)no2)c(=O)c(C#N)c1CC. The van der Waals surface area contributed by atoms with Crippen LogP contribution >= 0.6 is 11.3 Å². The van der Waals surface area contributed by atoms with E-state index in [2.05, 4.69) is 15.2 Å². The first-order valence-corrected chi connectivity index (χ1v) is 8.45. The van der Waals surface area contributed by atoms with Crippen molar-refractivity contribution in [3.8, 4) is 16.8 Å². The molecule has 7 nitrogen and oxygen atoms in total. The Labute approximate surface area is 142 Å². The highest BCUT2D eigenvalue weighted by molar-refractivity contribution is 7.13. The molecule has 0 unspecified atom stereocenters. The zero-order valence-electron chi connectivity index (χ0n) is 13.3. The van der Waals surface area contributed by atoms with Crippen molar-refractivity contribution >= 4 is 11.3 Å². The van der Waals surface area contributed by atoms with Gasteiger partial charge in [0.1, 0.15) is 18.2 Å². The minimum Gasteiger partial charge on any atom is -0.337 e. The minimum atomic E-state index is -0.428. The molecule has 0 bridgehead atoms. The molecule has 24 heavy (non-hydrogen) atoms. The number of thiophene rings is 1. The highest BCUT2D eigenvalue weighted by atomic mass is 32.1. The molecule has 0 aliphatic carbocycles. The van der Waals surface area contributed by atoms with Gasteiger partial charge in [0.05, 0.1) is 10.6 Å². The Balaban J connectivity index is 1.99. The lowest BCUT2D eigenvalue weighted by molar-refractivity contribution is 0.362. The second-order valence-corrected chi connectivity index (χ2v) is 6.02. The lowest BCUT2D eigenvalue weighted by atomic mass is 10.0. The second kappa shape index (κ2) is 6.76. The molecule has 0 aromatic carbocycles. The summed E-state index contributed by atoms with van der Waals surface area (Å²) in [5.41, 5.74) is 1.17. The molecule has 0 atom stereocenters. The lowest BCUT2D eigenvalue weighted by Crippen LogP contribution is -2.29. The van der Waals surface area contributed by atoms with Gasteiger partial charge in [-0.3, -0.25) is 4.79 Å². The molecule has 0 amide bonds. The lowest BCUT2D eigenvalue weighted by Gasteiger charge is -2.10. The summed E-state index contributed by atoms with van der Waals surface area (Å²) in [4.78, 5) is 17.7. The number of nitrogens with zero attached hydrogens (tertiary/aromatic N) is 5. The predicted molar refractivity (Wildman–Crippen MR) is 88.7 cm³/mol. The molecule has 3 heterocycles. The Kier molecular flexibility index (Phi) is 4.53. The third kappa shape index (κ3) is 2.86. The quantitative estimate of drug-likeness (QED) is 0.707. The third-order valence-electron chi connectivity index (χ3n) is 3.63. The van der Waals surface area contributed by atoms with E-state index in [1.807, 2.05) is 37.4 Å². The molecular formula is C16H15N5O2S. The van der Waals surface area contributed by atoms with Crippen LogP contribution in [0.2, 0.25) is 0 Å². The fraction of sp³-hybridized carbons (Fsp3) is 0.312. The van der Waals surface area contributed by atoms with Crippen LogP contribution in [0.25, 0.3) is 10.7 Å². The summed E-state index contributed by atoms with van der Waals surface area (Å²) in [6.07, 6.45) is 1.24. The highest BCUT2D eigenvalue weighted by Gasteiger charge is 2.17. The predicted octanol–water partition coefficient (Wildman–Crippen LogP) is 2.40. The van der Waals surface area contributed by atoms with Gasteiger partial charge >= 0.3 is 0 Å². The van der Waals surface area contributed by atoms with Gasteiger partial charge in [0.15, 0.2) is 0 Å². The van der Waals surface area contributed by atoms with Gasteiger partial charge in [-0.2, -0.15) is 15.3 Å². The van der Waals surface area contributed by atoms with Gasteiger partial charge in [-0.25, -0.2) is 4.68 Å². The van der Waals surface area contributed by atoms with Crippen molar-refractivity contribution in [1.82, 2.24) is 19.9 Å². The van der Waals surface area contributed by atoms with E-state index >= 15 is 0 Å². The Hall–Kier alpha value is -2.79. The van der Waals surface area contributed by atoms with E-state index in [0.29, 0.717) is 24.2 Å². The molecule has 0 saturated heterocycles. The summed E-state index contributed by atoms with van der Waals surface area (Å²) in [5.74, 6) is 0.762. The topological polar surface area (TPSA) is 97.6 Å². The Morgan fingerprint density at radius 2 is 2.21 bits per heavy atom. The first-order valence-electron chi connectivity index (χ1n) is 7.57. The first-order chi connectivity index (χ1) is 11.7.